The molecule has 4 N–H and O–H groups in total. The zero-order chi connectivity index (χ0) is 19.5. The Bertz CT molecular complexity index is 354. The number of carbonyl (C=O) groups excluding carboxylic acids is 2. The van der Waals surface area contributed by atoms with Crippen LogP contribution in [0.4, 0.5) is 0 Å². The molecule has 0 heterocycles. The zero-order valence-electron chi connectivity index (χ0n) is 17.3. The van der Waals surface area contributed by atoms with E-state index in [1.54, 1.807) is 0 Å². The Balaban J connectivity index is 0. The quantitative estimate of drug-likeness (QED) is 0.621. The molecule has 0 spiro atoms. The predicted molar refractivity (Wildman–Crippen MR) is 104 cm³/mol. The lowest BCUT2D eigenvalue weighted by molar-refractivity contribution is -0.134. The first-order valence-corrected chi connectivity index (χ1v) is 9.37. The van der Waals surface area contributed by atoms with Crippen LogP contribution in [0.3, 0.4) is 0 Å². The molecule has 2 atom stereocenters. The van der Waals surface area contributed by atoms with Gasteiger partial charge in [-0.15, -0.1) is 0 Å². The first kappa shape index (κ1) is 25.5. The fraction of sp³-hybridized carbons (Fsp3) is 0.900. The van der Waals surface area contributed by atoms with Crippen LogP contribution >= 0.6 is 0 Å². The number of carbonyl (C=O) groups is 2. The molecular weight excluding hydrogens is 300 g/mol. The van der Waals surface area contributed by atoms with Crippen molar-refractivity contribution in [3.63, 3.8) is 0 Å². The molecule has 144 valence electrons. The molecule has 0 amide bonds. The Morgan fingerprint density at radius 3 is 1.75 bits per heavy atom. The minimum Gasteiger partial charge on any atom is -0.330 e. The van der Waals surface area contributed by atoms with Crippen molar-refractivity contribution in [2.45, 2.75) is 87.1 Å². The summed E-state index contributed by atoms with van der Waals surface area (Å²) in [5, 5.41) is 0. The molecule has 0 aromatic heterocycles. The maximum Gasteiger partial charge on any atom is 0.150 e. The molecule has 0 radical (unpaired) electrons. The van der Waals surface area contributed by atoms with Crippen LogP contribution in [-0.2, 0) is 9.59 Å². The van der Waals surface area contributed by atoms with Crippen molar-refractivity contribution in [3.05, 3.63) is 0 Å². The Morgan fingerprint density at radius 1 is 0.958 bits per heavy atom. The third kappa shape index (κ3) is 12.7. The summed E-state index contributed by atoms with van der Waals surface area (Å²) in [6, 6.07) is -0.472. The second-order valence-electron chi connectivity index (χ2n) is 8.77. The Kier molecular flexibility index (Phi) is 13.4. The Labute approximate surface area is 150 Å². The van der Waals surface area contributed by atoms with Crippen LogP contribution in [0.15, 0.2) is 0 Å². The normalized spacial score (nSPS) is 14.2. The smallest absolute Gasteiger partial charge is 0.150 e. The lowest BCUT2D eigenvalue weighted by atomic mass is 9.78. The highest BCUT2D eigenvalue weighted by atomic mass is 16.1. The maximum absolute atomic E-state index is 12.5. The molecule has 0 aliphatic rings. The van der Waals surface area contributed by atoms with Crippen molar-refractivity contribution in [2.75, 3.05) is 6.54 Å². The number of ketones is 2. The molecule has 2 unspecified atom stereocenters. The molecule has 0 fully saturated rings. The predicted octanol–water partition coefficient (Wildman–Crippen LogP) is 3.95. The van der Waals surface area contributed by atoms with E-state index in [-0.39, 0.29) is 29.8 Å². The van der Waals surface area contributed by atoms with Crippen molar-refractivity contribution >= 4 is 11.6 Å². The van der Waals surface area contributed by atoms with Gasteiger partial charge >= 0.3 is 0 Å². The molecule has 0 saturated heterocycles. The van der Waals surface area contributed by atoms with E-state index >= 15 is 0 Å². The van der Waals surface area contributed by atoms with E-state index in [0.29, 0.717) is 6.54 Å². The van der Waals surface area contributed by atoms with Crippen molar-refractivity contribution in [1.82, 2.24) is 0 Å². The third-order valence-corrected chi connectivity index (χ3v) is 3.65. The van der Waals surface area contributed by atoms with Crippen LogP contribution in [0.1, 0.15) is 81.1 Å². The largest absolute Gasteiger partial charge is 0.330 e. The number of hydrogen-bond acceptors (Lipinski definition) is 4. The lowest BCUT2D eigenvalue weighted by Gasteiger charge is -2.25. The van der Waals surface area contributed by atoms with Crippen molar-refractivity contribution in [3.8, 4) is 0 Å². The van der Waals surface area contributed by atoms with Crippen molar-refractivity contribution in [1.29, 1.82) is 0 Å². The Morgan fingerprint density at radius 2 is 1.42 bits per heavy atom. The van der Waals surface area contributed by atoms with E-state index in [1.165, 1.54) is 0 Å². The molecule has 0 bridgehead atoms. The second-order valence-corrected chi connectivity index (χ2v) is 8.77. The van der Waals surface area contributed by atoms with Gasteiger partial charge < -0.3 is 11.5 Å². The highest BCUT2D eigenvalue weighted by molar-refractivity contribution is 5.92. The van der Waals surface area contributed by atoms with E-state index in [9.17, 15) is 9.59 Å². The standard InChI is InChI=1S/C16H32N2O2.C4H10/c1-11(2)14(18)13(19)10-12(8-6-7-9-17)15(20)16(3,4)5;1-4(2)3/h11-12,14H,6-10,17-18H2,1-5H3;4H,1-3H3. The van der Waals surface area contributed by atoms with Crippen LogP contribution in [0.2, 0.25) is 0 Å². The van der Waals surface area contributed by atoms with Gasteiger partial charge in [0.1, 0.15) is 5.78 Å². The molecule has 24 heavy (non-hydrogen) atoms. The molecule has 0 saturated carbocycles. The minimum absolute atomic E-state index is 0.00431. The average molecular weight is 343 g/mol. The monoisotopic (exact) mass is 342 g/mol. The lowest BCUT2D eigenvalue weighted by Crippen LogP contribution is -2.39. The van der Waals surface area contributed by atoms with E-state index in [4.69, 9.17) is 11.5 Å². The van der Waals surface area contributed by atoms with Gasteiger partial charge in [0, 0.05) is 17.8 Å². The zero-order valence-corrected chi connectivity index (χ0v) is 17.3. The SMILES string of the molecule is CC(C)C.CC(C)C(N)C(=O)CC(CCCCN)C(=O)C(C)(C)C. The summed E-state index contributed by atoms with van der Waals surface area (Å²) in [5.74, 6) is 0.866. The summed E-state index contributed by atoms with van der Waals surface area (Å²) in [5.41, 5.74) is 11.0. The summed E-state index contributed by atoms with van der Waals surface area (Å²) < 4.78 is 0. The summed E-state index contributed by atoms with van der Waals surface area (Å²) in [6.45, 7) is 16.7. The van der Waals surface area contributed by atoms with Gasteiger partial charge in [-0.05, 0) is 31.2 Å². The van der Waals surface area contributed by atoms with Crippen LogP contribution in [0.25, 0.3) is 0 Å². The average Bonchev–Trinajstić information content (AvgIpc) is 2.42. The van der Waals surface area contributed by atoms with Crippen molar-refractivity contribution in [2.24, 2.45) is 34.6 Å². The second kappa shape index (κ2) is 12.6. The first-order valence-electron chi connectivity index (χ1n) is 9.37. The highest BCUT2D eigenvalue weighted by Crippen LogP contribution is 2.26. The topological polar surface area (TPSA) is 86.2 Å². The number of rotatable bonds is 9. The van der Waals surface area contributed by atoms with E-state index in [0.717, 1.165) is 25.2 Å². The third-order valence-electron chi connectivity index (χ3n) is 3.65. The van der Waals surface area contributed by atoms with Crippen LogP contribution in [0.5, 0.6) is 0 Å². The summed E-state index contributed by atoms with van der Waals surface area (Å²) >= 11 is 0. The number of Topliss-reactive ketones (excluding diaryl/α,β-unsaturated/α-hetero) is 2. The maximum atomic E-state index is 12.5. The number of hydrogen-bond donors (Lipinski definition) is 2. The molecule has 4 nitrogen and oxygen atoms in total. The fourth-order valence-corrected chi connectivity index (χ4v) is 2.22. The number of unbranched alkanes of at least 4 members (excludes halogenated alkanes) is 1. The summed E-state index contributed by atoms with van der Waals surface area (Å²) in [7, 11) is 0. The van der Waals surface area contributed by atoms with Crippen molar-refractivity contribution < 1.29 is 9.59 Å². The van der Waals surface area contributed by atoms with Gasteiger partial charge in [0.05, 0.1) is 6.04 Å². The van der Waals surface area contributed by atoms with Gasteiger partial charge in [0.15, 0.2) is 5.78 Å². The molecule has 4 heteroatoms. The molecular formula is C20H42N2O2. The van der Waals surface area contributed by atoms with Gasteiger partial charge in [0.2, 0.25) is 0 Å². The van der Waals surface area contributed by atoms with Gasteiger partial charge in [-0.2, -0.15) is 0 Å². The van der Waals surface area contributed by atoms with Crippen LogP contribution < -0.4 is 11.5 Å². The summed E-state index contributed by atoms with van der Waals surface area (Å²) in [6.07, 6.45) is 2.76. The fourth-order valence-electron chi connectivity index (χ4n) is 2.22. The molecule has 0 rings (SSSR count). The van der Waals surface area contributed by atoms with Gasteiger partial charge in [0.25, 0.3) is 0 Å². The molecule has 0 aliphatic heterocycles. The minimum atomic E-state index is -0.472. The van der Waals surface area contributed by atoms with Gasteiger partial charge in [-0.25, -0.2) is 0 Å². The first-order chi connectivity index (χ1) is 10.8. The molecule has 0 aliphatic carbocycles. The van der Waals surface area contributed by atoms with Crippen LogP contribution in [0, 0.1) is 23.2 Å². The van der Waals surface area contributed by atoms with E-state index in [1.807, 2.05) is 34.6 Å². The highest BCUT2D eigenvalue weighted by Gasteiger charge is 2.32. The summed E-state index contributed by atoms with van der Waals surface area (Å²) in [4.78, 5) is 24.6. The van der Waals surface area contributed by atoms with E-state index in [2.05, 4.69) is 20.8 Å². The number of nitrogens with two attached hydrogens (primary N) is 2. The van der Waals surface area contributed by atoms with E-state index < -0.39 is 11.5 Å². The molecule has 0 aromatic carbocycles. The van der Waals surface area contributed by atoms with Crippen LogP contribution in [-0.4, -0.2) is 24.2 Å². The molecule has 0 aromatic rings. The van der Waals surface area contributed by atoms with Gasteiger partial charge in [-0.3, -0.25) is 9.59 Å². The van der Waals surface area contributed by atoms with Gasteiger partial charge in [-0.1, -0.05) is 61.8 Å². The Hall–Kier alpha value is -0.740.